The van der Waals surface area contributed by atoms with E-state index >= 15 is 0 Å². The number of thiazole rings is 1. The van der Waals surface area contributed by atoms with E-state index in [0.29, 0.717) is 24.1 Å². The summed E-state index contributed by atoms with van der Waals surface area (Å²) in [7, 11) is 0. The summed E-state index contributed by atoms with van der Waals surface area (Å²) in [6.07, 6.45) is 5.31. The molecule has 1 heterocycles. The number of nitrogens with zero attached hydrogens (tertiary/aromatic N) is 1. The first-order valence-corrected chi connectivity index (χ1v) is 13.0. The minimum Gasteiger partial charge on any atom is -0.490 e. The fourth-order valence-electron chi connectivity index (χ4n) is 3.59. The van der Waals surface area contributed by atoms with Crippen molar-refractivity contribution in [2.75, 3.05) is 18.5 Å². The molecule has 0 aliphatic carbocycles. The van der Waals surface area contributed by atoms with Gasteiger partial charge in [-0.1, -0.05) is 74.0 Å². The molecular formula is C30H30N2O3S. The number of carbonyl (C=O) groups excluding carboxylic acids is 1. The highest BCUT2D eigenvalue weighted by atomic mass is 32.1. The van der Waals surface area contributed by atoms with Crippen LogP contribution in [-0.4, -0.2) is 24.1 Å². The van der Waals surface area contributed by atoms with E-state index in [1.807, 2.05) is 48.7 Å². The molecule has 0 aliphatic heterocycles. The third kappa shape index (κ3) is 6.83. The van der Waals surface area contributed by atoms with Crippen LogP contribution in [0.2, 0.25) is 0 Å². The van der Waals surface area contributed by atoms with Gasteiger partial charge in [0.15, 0.2) is 16.6 Å². The Morgan fingerprint density at radius 3 is 2.42 bits per heavy atom. The molecule has 4 aromatic rings. The topological polar surface area (TPSA) is 60.5 Å². The highest BCUT2D eigenvalue weighted by Crippen LogP contribution is 2.30. The summed E-state index contributed by atoms with van der Waals surface area (Å²) in [4.78, 5) is 17.1. The lowest BCUT2D eigenvalue weighted by atomic mass is 10.0. The predicted octanol–water partition coefficient (Wildman–Crippen LogP) is 7.71. The Morgan fingerprint density at radius 2 is 1.67 bits per heavy atom. The van der Waals surface area contributed by atoms with E-state index in [9.17, 15) is 4.79 Å². The van der Waals surface area contributed by atoms with Crippen LogP contribution in [-0.2, 0) is 4.79 Å². The molecule has 184 valence electrons. The van der Waals surface area contributed by atoms with Gasteiger partial charge in [-0.05, 0) is 48.2 Å². The van der Waals surface area contributed by atoms with Crippen LogP contribution in [0.5, 0.6) is 11.5 Å². The number of carbonyl (C=O) groups is 1. The predicted molar refractivity (Wildman–Crippen MR) is 149 cm³/mol. The summed E-state index contributed by atoms with van der Waals surface area (Å²) in [5.41, 5.74) is 5.02. The molecule has 0 bridgehead atoms. The van der Waals surface area contributed by atoms with Crippen LogP contribution >= 0.6 is 11.3 Å². The van der Waals surface area contributed by atoms with E-state index in [-0.39, 0.29) is 5.91 Å². The smallest absolute Gasteiger partial charge is 0.250 e. The molecule has 0 fully saturated rings. The average Bonchev–Trinajstić information content (AvgIpc) is 3.38. The summed E-state index contributed by atoms with van der Waals surface area (Å²) >= 11 is 1.40. The molecule has 0 aliphatic rings. The summed E-state index contributed by atoms with van der Waals surface area (Å²) in [6, 6.07) is 24.2. The first-order valence-electron chi connectivity index (χ1n) is 12.2. The van der Waals surface area contributed by atoms with Crippen molar-refractivity contribution < 1.29 is 14.3 Å². The maximum atomic E-state index is 12.5. The highest BCUT2D eigenvalue weighted by Gasteiger charge is 2.09. The zero-order chi connectivity index (χ0) is 25.2. The van der Waals surface area contributed by atoms with Crippen molar-refractivity contribution in [1.29, 1.82) is 0 Å². The Morgan fingerprint density at radius 1 is 0.917 bits per heavy atom. The van der Waals surface area contributed by atoms with Gasteiger partial charge in [0.05, 0.1) is 18.9 Å². The third-order valence-corrected chi connectivity index (χ3v) is 6.23. The van der Waals surface area contributed by atoms with Crippen LogP contribution in [0.1, 0.15) is 32.3 Å². The van der Waals surface area contributed by atoms with Crippen molar-refractivity contribution in [2.45, 2.75) is 26.7 Å². The quantitative estimate of drug-likeness (QED) is 0.170. The summed E-state index contributed by atoms with van der Waals surface area (Å²) in [5, 5.41) is 5.35. The summed E-state index contributed by atoms with van der Waals surface area (Å²) < 4.78 is 11.5. The number of anilines is 1. The number of rotatable bonds is 11. The number of nitrogens with one attached hydrogen (secondary N) is 1. The van der Waals surface area contributed by atoms with Crippen LogP contribution in [0.4, 0.5) is 5.13 Å². The van der Waals surface area contributed by atoms with Crippen LogP contribution in [0, 0.1) is 0 Å². The minimum atomic E-state index is -0.239. The van der Waals surface area contributed by atoms with Gasteiger partial charge in [-0.3, -0.25) is 10.1 Å². The molecule has 0 radical (unpaired) electrons. The monoisotopic (exact) mass is 498 g/mol. The summed E-state index contributed by atoms with van der Waals surface area (Å²) in [6.45, 7) is 5.26. The van der Waals surface area contributed by atoms with E-state index in [2.05, 4.69) is 53.6 Å². The second-order valence-electron chi connectivity index (χ2n) is 8.15. The van der Waals surface area contributed by atoms with Crippen molar-refractivity contribution in [2.24, 2.45) is 0 Å². The molecular weight excluding hydrogens is 468 g/mol. The molecule has 0 saturated carbocycles. The largest absolute Gasteiger partial charge is 0.490 e. The average molecular weight is 499 g/mol. The number of hydrogen-bond donors (Lipinski definition) is 1. The molecule has 0 spiro atoms. The van der Waals surface area contributed by atoms with E-state index in [4.69, 9.17) is 9.47 Å². The Bertz CT molecular complexity index is 1300. The third-order valence-electron chi connectivity index (χ3n) is 5.47. The molecule has 1 N–H and O–H groups in total. The zero-order valence-corrected chi connectivity index (χ0v) is 21.4. The van der Waals surface area contributed by atoms with Gasteiger partial charge in [-0.25, -0.2) is 4.98 Å². The first kappa shape index (κ1) is 25.2. The molecule has 0 saturated heterocycles. The molecule has 0 unspecified atom stereocenters. The molecule has 6 heteroatoms. The normalized spacial score (nSPS) is 10.9. The molecule has 3 aromatic carbocycles. The maximum absolute atomic E-state index is 12.5. The van der Waals surface area contributed by atoms with Crippen LogP contribution < -0.4 is 14.8 Å². The maximum Gasteiger partial charge on any atom is 0.250 e. The molecule has 5 nitrogen and oxygen atoms in total. The highest BCUT2D eigenvalue weighted by molar-refractivity contribution is 7.14. The van der Waals surface area contributed by atoms with Gasteiger partial charge < -0.3 is 9.47 Å². The SMILES string of the molecule is CCCCOc1ccc(/C=C/C(=O)Nc2nc(-c3ccc(-c4ccccc4)cc3)cs2)cc1OCC. The Balaban J connectivity index is 1.37. The van der Waals surface area contributed by atoms with Crippen molar-refractivity contribution in [3.63, 3.8) is 0 Å². The van der Waals surface area contributed by atoms with Crippen LogP contribution in [0.15, 0.2) is 84.3 Å². The van der Waals surface area contributed by atoms with Crippen molar-refractivity contribution in [1.82, 2.24) is 4.98 Å². The van der Waals surface area contributed by atoms with Gasteiger partial charge in [0.1, 0.15) is 0 Å². The molecule has 1 aromatic heterocycles. The van der Waals surface area contributed by atoms with Gasteiger partial charge in [0.2, 0.25) is 5.91 Å². The molecule has 36 heavy (non-hydrogen) atoms. The standard InChI is InChI=1S/C30H30N2O3S/c1-3-5-19-35-27-17-11-22(20-28(27)34-4-2)12-18-29(33)32-30-31-26(21-36-30)25-15-13-24(14-16-25)23-9-7-6-8-10-23/h6-18,20-21H,3-5,19H2,1-2H3,(H,31,32,33)/b18-12+. The fraction of sp³-hybridized carbons (Fsp3) is 0.200. The Labute approximate surface area is 216 Å². The minimum absolute atomic E-state index is 0.239. The van der Waals surface area contributed by atoms with E-state index < -0.39 is 0 Å². The Hall–Kier alpha value is -3.90. The number of aromatic nitrogens is 1. The van der Waals surface area contributed by atoms with Gasteiger partial charge in [0.25, 0.3) is 0 Å². The first-order chi connectivity index (χ1) is 17.7. The lowest BCUT2D eigenvalue weighted by molar-refractivity contribution is -0.111. The molecule has 1 amide bonds. The van der Waals surface area contributed by atoms with E-state index in [1.165, 1.54) is 23.0 Å². The van der Waals surface area contributed by atoms with E-state index in [0.717, 1.165) is 41.0 Å². The second-order valence-corrected chi connectivity index (χ2v) is 9.00. The molecule has 0 atom stereocenters. The molecule has 4 rings (SSSR count). The Kier molecular flexibility index (Phi) is 8.89. The van der Waals surface area contributed by atoms with Gasteiger partial charge in [0, 0.05) is 17.0 Å². The van der Waals surface area contributed by atoms with Crippen LogP contribution in [0.25, 0.3) is 28.5 Å². The van der Waals surface area contributed by atoms with Crippen molar-refractivity contribution in [3.8, 4) is 33.9 Å². The van der Waals surface area contributed by atoms with E-state index in [1.54, 1.807) is 6.08 Å². The second kappa shape index (κ2) is 12.7. The van der Waals surface area contributed by atoms with Crippen molar-refractivity contribution in [3.05, 3.63) is 89.8 Å². The fourth-order valence-corrected chi connectivity index (χ4v) is 4.31. The summed E-state index contributed by atoms with van der Waals surface area (Å²) in [5.74, 6) is 1.16. The van der Waals surface area contributed by atoms with Gasteiger partial charge in [-0.15, -0.1) is 11.3 Å². The van der Waals surface area contributed by atoms with Crippen molar-refractivity contribution >= 4 is 28.5 Å². The number of amides is 1. The number of hydrogen-bond acceptors (Lipinski definition) is 5. The van der Waals surface area contributed by atoms with Gasteiger partial charge >= 0.3 is 0 Å². The number of ether oxygens (including phenoxy) is 2. The van der Waals surface area contributed by atoms with Gasteiger partial charge in [-0.2, -0.15) is 0 Å². The number of benzene rings is 3. The zero-order valence-electron chi connectivity index (χ0n) is 20.6. The lowest BCUT2D eigenvalue weighted by Crippen LogP contribution is -2.07. The van der Waals surface area contributed by atoms with Crippen LogP contribution in [0.3, 0.4) is 0 Å². The lowest BCUT2D eigenvalue weighted by Gasteiger charge is -2.12. The number of unbranched alkanes of at least 4 members (excludes halogenated alkanes) is 1.